The highest BCUT2D eigenvalue weighted by molar-refractivity contribution is 5.97. The second-order valence-electron chi connectivity index (χ2n) is 5.05. The molecule has 6 nitrogen and oxygen atoms in total. The standard InChI is InChI=1S/C15H14F3N3O3/c1-21-7-5-10(20-21)4-6-19-13(22)11-3-2-9(14(23)24)8-12(11)15(16,17)18/h2-3,5,7-8H,4,6H2,1H3,(H,19,22)(H,23,24). The van der Waals surface area contributed by atoms with Gasteiger partial charge in [0.2, 0.25) is 0 Å². The fourth-order valence-electron chi connectivity index (χ4n) is 2.11. The van der Waals surface area contributed by atoms with E-state index >= 15 is 0 Å². The maximum atomic E-state index is 13.1. The van der Waals surface area contributed by atoms with E-state index in [0.717, 1.165) is 12.1 Å². The highest BCUT2D eigenvalue weighted by Gasteiger charge is 2.36. The van der Waals surface area contributed by atoms with Crippen molar-refractivity contribution in [3.8, 4) is 0 Å². The summed E-state index contributed by atoms with van der Waals surface area (Å²) < 4.78 is 40.7. The van der Waals surface area contributed by atoms with Crippen molar-refractivity contribution in [2.45, 2.75) is 12.6 Å². The van der Waals surface area contributed by atoms with Crippen LogP contribution in [0.25, 0.3) is 0 Å². The number of nitrogens with one attached hydrogen (secondary N) is 1. The first-order valence-electron chi connectivity index (χ1n) is 6.89. The van der Waals surface area contributed by atoms with E-state index in [1.807, 2.05) is 0 Å². The second kappa shape index (κ2) is 6.73. The molecule has 128 valence electrons. The van der Waals surface area contributed by atoms with Crippen LogP contribution in [0.2, 0.25) is 0 Å². The minimum atomic E-state index is -4.83. The van der Waals surface area contributed by atoms with Gasteiger partial charge in [0.25, 0.3) is 5.91 Å². The lowest BCUT2D eigenvalue weighted by Crippen LogP contribution is -2.28. The quantitative estimate of drug-likeness (QED) is 0.872. The zero-order chi connectivity index (χ0) is 17.9. The van der Waals surface area contributed by atoms with E-state index in [2.05, 4.69) is 10.4 Å². The highest BCUT2D eigenvalue weighted by Crippen LogP contribution is 2.32. The van der Waals surface area contributed by atoms with Crippen molar-refractivity contribution in [2.24, 2.45) is 7.05 Å². The number of halogens is 3. The van der Waals surface area contributed by atoms with Crippen LogP contribution in [0.15, 0.2) is 30.5 Å². The Bertz CT molecular complexity index is 769. The average molecular weight is 341 g/mol. The van der Waals surface area contributed by atoms with Gasteiger partial charge in [-0.3, -0.25) is 9.48 Å². The van der Waals surface area contributed by atoms with Crippen molar-refractivity contribution in [1.82, 2.24) is 15.1 Å². The van der Waals surface area contributed by atoms with Gasteiger partial charge in [-0.1, -0.05) is 0 Å². The lowest BCUT2D eigenvalue weighted by molar-refractivity contribution is -0.137. The summed E-state index contributed by atoms with van der Waals surface area (Å²) in [4.78, 5) is 22.8. The summed E-state index contributed by atoms with van der Waals surface area (Å²) in [6.45, 7) is 0.105. The lowest BCUT2D eigenvalue weighted by atomic mass is 10.0. The number of carboxylic acids is 1. The van der Waals surface area contributed by atoms with E-state index in [-0.39, 0.29) is 6.54 Å². The van der Waals surface area contributed by atoms with Gasteiger partial charge in [-0.15, -0.1) is 0 Å². The van der Waals surface area contributed by atoms with Crippen LogP contribution in [0, 0.1) is 0 Å². The Balaban J connectivity index is 2.14. The van der Waals surface area contributed by atoms with Crippen molar-refractivity contribution >= 4 is 11.9 Å². The minimum absolute atomic E-state index is 0.105. The number of carboxylic acid groups (broad SMARTS) is 1. The molecule has 24 heavy (non-hydrogen) atoms. The molecule has 0 atom stereocenters. The number of aromatic nitrogens is 2. The Hall–Kier alpha value is -2.84. The maximum Gasteiger partial charge on any atom is 0.417 e. The topological polar surface area (TPSA) is 84.2 Å². The van der Waals surface area contributed by atoms with E-state index in [4.69, 9.17) is 5.11 Å². The van der Waals surface area contributed by atoms with Gasteiger partial charge in [0.05, 0.1) is 22.4 Å². The molecule has 2 N–H and O–H groups in total. The fourth-order valence-corrected chi connectivity index (χ4v) is 2.11. The average Bonchev–Trinajstić information content (AvgIpc) is 2.91. The molecule has 9 heteroatoms. The zero-order valence-electron chi connectivity index (χ0n) is 12.6. The van der Waals surface area contributed by atoms with Gasteiger partial charge in [-0.2, -0.15) is 18.3 Å². The SMILES string of the molecule is Cn1ccc(CCNC(=O)c2ccc(C(=O)O)cc2C(F)(F)F)n1. The predicted octanol–water partition coefficient (Wildman–Crippen LogP) is 2.11. The molecule has 2 rings (SSSR count). The maximum absolute atomic E-state index is 13.1. The number of nitrogens with zero attached hydrogens (tertiary/aromatic N) is 2. The Morgan fingerprint density at radius 3 is 2.54 bits per heavy atom. The molecule has 0 aliphatic rings. The summed E-state index contributed by atoms with van der Waals surface area (Å²) in [6, 6.07) is 4.01. The van der Waals surface area contributed by atoms with E-state index in [1.54, 1.807) is 24.0 Å². The van der Waals surface area contributed by atoms with Crippen LogP contribution in [0.4, 0.5) is 13.2 Å². The molecular formula is C15H14F3N3O3. The van der Waals surface area contributed by atoms with Crippen LogP contribution in [0.1, 0.15) is 32.0 Å². The van der Waals surface area contributed by atoms with Crippen LogP contribution >= 0.6 is 0 Å². The molecule has 0 saturated carbocycles. The van der Waals surface area contributed by atoms with Crippen molar-refractivity contribution in [2.75, 3.05) is 6.54 Å². The van der Waals surface area contributed by atoms with Crippen molar-refractivity contribution in [3.63, 3.8) is 0 Å². The van der Waals surface area contributed by atoms with Crippen LogP contribution in [0.3, 0.4) is 0 Å². The molecule has 1 aromatic heterocycles. The van der Waals surface area contributed by atoms with Crippen LogP contribution in [-0.2, 0) is 19.6 Å². The fraction of sp³-hybridized carbons (Fsp3) is 0.267. The lowest BCUT2D eigenvalue weighted by Gasteiger charge is -2.13. The summed E-state index contributed by atoms with van der Waals surface area (Å²) in [7, 11) is 1.72. The van der Waals surface area contributed by atoms with Gasteiger partial charge in [-0.05, 0) is 24.3 Å². The summed E-state index contributed by atoms with van der Waals surface area (Å²) in [5, 5.41) is 15.3. The Morgan fingerprint density at radius 2 is 2.00 bits per heavy atom. The third-order valence-corrected chi connectivity index (χ3v) is 3.25. The number of hydrogen-bond donors (Lipinski definition) is 2. The number of benzene rings is 1. The molecule has 1 aromatic carbocycles. The number of aromatic carboxylic acids is 1. The summed E-state index contributed by atoms with van der Waals surface area (Å²) in [6.07, 6.45) is -2.76. The van der Waals surface area contributed by atoms with Gasteiger partial charge in [-0.25, -0.2) is 4.79 Å². The minimum Gasteiger partial charge on any atom is -0.478 e. The van der Waals surface area contributed by atoms with Gasteiger partial charge < -0.3 is 10.4 Å². The largest absolute Gasteiger partial charge is 0.478 e. The molecule has 0 spiro atoms. The summed E-state index contributed by atoms with van der Waals surface area (Å²) in [5.74, 6) is -2.42. The van der Waals surface area contributed by atoms with Crippen LogP contribution in [0.5, 0.6) is 0 Å². The normalized spacial score (nSPS) is 11.3. The van der Waals surface area contributed by atoms with E-state index in [9.17, 15) is 22.8 Å². The van der Waals surface area contributed by atoms with Gasteiger partial charge in [0.1, 0.15) is 0 Å². The van der Waals surface area contributed by atoms with E-state index in [1.165, 1.54) is 0 Å². The molecule has 0 saturated heterocycles. The van der Waals surface area contributed by atoms with Crippen LogP contribution < -0.4 is 5.32 Å². The molecule has 0 aliphatic heterocycles. The number of rotatable bonds is 5. The Labute approximate surface area is 134 Å². The number of carbonyl (C=O) groups is 2. The molecule has 1 amide bonds. The molecule has 0 bridgehead atoms. The molecule has 0 unspecified atom stereocenters. The molecule has 2 aromatic rings. The first-order valence-corrected chi connectivity index (χ1v) is 6.89. The predicted molar refractivity (Wildman–Crippen MR) is 77.6 cm³/mol. The number of carbonyl (C=O) groups excluding carboxylic acids is 1. The van der Waals surface area contributed by atoms with Crippen molar-refractivity contribution in [3.05, 3.63) is 52.8 Å². The van der Waals surface area contributed by atoms with Gasteiger partial charge in [0, 0.05) is 26.2 Å². The molecule has 0 radical (unpaired) electrons. The van der Waals surface area contributed by atoms with Gasteiger partial charge in [0.15, 0.2) is 0 Å². The molecule has 0 fully saturated rings. The molecule has 1 heterocycles. The monoisotopic (exact) mass is 341 g/mol. The van der Waals surface area contributed by atoms with Crippen molar-refractivity contribution < 1.29 is 27.9 Å². The first kappa shape index (κ1) is 17.5. The second-order valence-corrected chi connectivity index (χ2v) is 5.05. The summed E-state index contributed by atoms with van der Waals surface area (Å²) >= 11 is 0. The number of aryl methyl sites for hydroxylation is 1. The van der Waals surface area contributed by atoms with Crippen molar-refractivity contribution in [1.29, 1.82) is 0 Å². The van der Waals surface area contributed by atoms with E-state index < -0.39 is 34.7 Å². The first-order chi connectivity index (χ1) is 11.2. The highest BCUT2D eigenvalue weighted by atomic mass is 19.4. The van der Waals surface area contributed by atoms with Gasteiger partial charge >= 0.3 is 12.1 Å². The number of alkyl halides is 3. The molecule has 0 aliphatic carbocycles. The van der Waals surface area contributed by atoms with Crippen LogP contribution in [-0.4, -0.2) is 33.3 Å². The van der Waals surface area contributed by atoms with E-state index in [0.29, 0.717) is 18.2 Å². The zero-order valence-corrected chi connectivity index (χ0v) is 12.6. The summed E-state index contributed by atoms with van der Waals surface area (Å²) in [5.41, 5.74) is -1.74. The number of hydrogen-bond acceptors (Lipinski definition) is 3. The third-order valence-electron chi connectivity index (χ3n) is 3.25. The number of amides is 1. The smallest absolute Gasteiger partial charge is 0.417 e. The Kier molecular flexibility index (Phi) is 4.91. The Morgan fingerprint density at radius 1 is 1.29 bits per heavy atom. The molecular weight excluding hydrogens is 327 g/mol. The third kappa shape index (κ3) is 4.12.